The number of nitrogens with one attached hydrogen (secondary N) is 2. The van der Waals surface area contributed by atoms with Crippen molar-refractivity contribution in [2.24, 2.45) is 0 Å². The highest BCUT2D eigenvalue weighted by molar-refractivity contribution is 6.01. The zero-order valence-electron chi connectivity index (χ0n) is 22.2. The van der Waals surface area contributed by atoms with Crippen LogP contribution in [-0.2, 0) is 20.6 Å². The molecule has 1 fully saturated rings. The molecule has 2 N–H and O–H groups in total. The summed E-state index contributed by atoms with van der Waals surface area (Å²) in [5, 5.41) is 5.54. The normalized spacial score (nSPS) is 14.3. The molecule has 3 amide bonds. The highest BCUT2D eigenvalue weighted by Gasteiger charge is 2.36. The van der Waals surface area contributed by atoms with E-state index in [0.29, 0.717) is 5.82 Å². The number of pyridine rings is 1. The van der Waals surface area contributed by atoms with E-state index in [1.165, 1.54) is 24.4 Å². The maximum atomic E-state index is 13.8. The molecule has 3 aromatic rings. The SMILES string of the molecule is O=C(CCCC(=O)N(c1cccc(C(F)(F)F)c1)[C@@H](C(=O)NC1CCCC1)c1ccc(F)cc1)Nc1ccccn1. The molecule has 4 rings (SSSR count). The lowest BCUT2D eigenvalue weighted by Crippen LogP contribution is -2.46. The lowest BCUT2D eigenvalue weighted by atomic mass is 10.0. The molecular formula is C30H30F4N4O3. The van der Waals surface area contributed by atoms with Crippen LogP contribution in [0.3, 0.4) is 0 Å². The Kier molecular flexibility index (Phi) is 9.69. The number of hydrogen-bond acceptors (Lipinski definition) is 4. The molecule has 0 unspecified atom stereocenters. The van der Waals surface area contributed by atoms with Crippen LogP contribution in [0.25, 0.3) is 0 Å². The molecule has 1 aliphatic rings. The first-order valence-corrected chi connectivity index (χ1v) is 13.4. The van der Waals surface area contributed by atoms with Gasteiger partial charge in [-0.3, -0.25) is 19.3 Å². The third-order valence-corrected chi connectivity index (χ3v) is 6.84. The molecule has 1 aromatic heterocycles. The first-order chi connectivity index (χ1) is 19.6. The Morgan fingerprint density at radius 1 is 0.951 bits per heavy atom. The average Bonchev–Trinajstić information content (AvgIpc) is 3.45. The van der Waals surface area contributed by atoms with Crippen molar-refractivity contribution in [2.75, 3.05) is 10.2 Å². The molecule has 216 valence electrons. The van der Waals surface area contributed by atoms with E-state index in [0.717, 1.165) is 60.9 Å². The van der Waals surface area contributed by atoms with Crippen molar-refractivity contribution in [3.8, 4) is 0 Å². The van der Waals surface area contributed by atoms with Gasteiger partial charge in [0.1, 0.15) is 17.7 Å². The quantitative estimate of drug-likeness (QED) is 0.285. The second kappa shape index (κ2) is 13.4. The summed E-state index contributed by atoms with van der Waals surface area (Å²) in [6.45, 7) is 0. The molecule has 0 spiro atoms. The number of carbonyl (C=O) groups excluding carboxylic acids is 3. The Morgan fingerprint density at radius 2 is 1.68 bits per heavy atom. The topological polar surface area (TPSA) is 91.4 Å². The van der Waals surface area contributed by atoms with Crippen LogP contribution < -0.4 is 15.5 Å². The molecule has 41 heavy (non-hydrogen) atoms. The van der Waals surface area contributed by atoms with Gasteiger partial charge in [-0.15, -0.1) is 0 Å². The molecule has 0 radical (unpaired) electrons. The van der Waals surface area contributed by atoms with Gasteiger partial charge in [0.15, 0.2) is 0 Å². The summed E-state index contributed by atoms with van der Waals surface area (Å²) in [5.41, 5.74) is -0.893. The van der Waals surface area contributed by atoms with E-state index in [1.54, 1.807) is 18.2 Å². The predicted octanol–water partition coefficient (Wildman–Crippen LogP) is 6.18. The van der Waals surface area contributed by atoms with Gasteiger partial charge in [0.05, 0.1) is 5.56 Å². The maximum absolute atomic E-state index is 13.8. The zero-order valence-corrected chi connectivity index (χ0v) is 22.2. The highest BCUT2D eigenvalue weighted by atomic mass is 19.4. The molecule has 11 heteroatoms. The van der Waals surface area contributed by atoms with Crippen molar-refractivity contribution in [1.29, 1.82) is 0 Å². The summed E-state index contributed by atoms with van der Waals surface area (Å²) < 4.78 is 54.7. The van der Waals surface area contributed by atoms with Gasteiger partial charge in [-0.05, 0) is 67.3 Å². The summed E-state index contributed by atoms with van der Waals surface area (Å²) in [5.74, 6) is -1.86. The number of hydrogen-bond donors (Lipinski definition) is 2. The van der Waals surface area contributed by atoms with Crippen LogP contribution in [-0.4, -0.2) is 28.7 Å². The molecular weight excluding hydrogens is 540 g/mol. The van der Waals surface area contributed by atoms with Gasteiger partial charge in [-0.1, -0.05) is 37.1 Å². The van der Waals surface area contributed by atoms with Crippen molar-refractivity contribution in [2.45, 2.75) is 63.2 Å². The van der Waals surface area contributed by atoms with Gasteiger partial charge in [0.2, 0.25) is 17.7 Å². The fourth-order valence-corrected chi connectivity index (χ4v) is 4.84. The molecule has 1 saturated carbocycles. The lowest BCUT2D eigenvalue weighted by molar-refractivity contribution is -0.137. The number of anilines is 2. The third-order valence-electron chi connectivity index (χ3n) is 6.84. The number of halogens is 4. The van der Waals surface area contributed by atoms with Crippen molar-refractivity contribution in [3.05, 3.63) is 89.9 Å². The Hall–Kier alpha value is -4.28. The van der Waals surface area contributed by atoms with E-state index in [4.69, 9.17) is 0 Å². The van der Waals surface area contributed by atoms with Crippen LogP contribution in [0.5, 0.6) is 0 Å². The number of benzene rings is 2. The van der Waals surface area contributed by atoms with E-state index in [2.05, 4.69) is 15.6 Å². The Labute approximate surface area is 235 Å². The van der Waals surface area contributed by atoms with Crippen LogP contribution in [0.1, 0.15) is 62.1 Å². The number of nitrogens with zero attached hydrogens (tertiary/aromatic N) is 2. The molecule has 0 saturated heterocycles. The predicted molar refractivity (Wildman–Crippen MR) is 145 cm³/mol. The highest BCUT2D eigenvalue weighted by Crippen LogP contribution is 2.35. The van der Waals surface area contributed by atoms with Crippen molar-refractivity contribution >= 4 is 29.2 Å². The van der Waals surface area contributed by atoms with Gasteiger partial charge in [0, 0.05) is 30.8 Å². The molecule has 2 aromatic carbocycles. The van der Waals surface area contributed by atoms with Gasteiger partial charge >= 0.3 is 6.18 Å². The maximum Gasteiger partial charge on any atom is 0.416 e. The number of amides is 3. The molecule has 7 nitrogen and oxygen atoms in total. The fraction of sp³-hybridized carbons (Fsp3) is 0.333. The standard InChI is InChI=1S/C30H30F4N4O3/c31-22-16-14-20(15-17-22)28(29(41)36-23-8-1-2-9-23)38(24-10-5-7-21(19-24)30(32,33)34)27(40)13-6-12-26(39)37-25-11-3-4-18-35-25/h3-5,7,10-11,14-19,23,28H,1-2,6,8-9,12-13H2,(H,36,41)(H,35,37,39)/t28-/m1/s1. The van der Waals surface area contributed by atoms with E-state index in [-0.39, 0.29) is 36.6 Å². The van der Waals surface area contributed by atoms with Gasteiger partial charge in [-0.25, -0.2) is 9.37 Å². The van der Waals surface area contributed by atoms with Gasteiger partial charge in [-0.2, -0.15) is 13.2 Å². The monoisotopic (exact) mass is 570 g/mol. The largest absolute Gasteiger partial charge is 0.416 e. The van der Waals surface area contributed by atoms with Crippen molar-refractivity contribution in [1.82, 2.24) is 10.3 Å². The number of rotatable bonds is 10. The van der Waals surface area contributed by atoms with E-state index in [1.807, 2.05) is 0 Å². The van der Waals surface area contributed by atoms with Crippen molar-refractivity contribution in [3.63, 3.8) is 0 Å². The van der Waals surface area contributed by atoms with Crippen LogP contribution in [0.15, 0.2) is 72.9 Å². The first-order valence-electron chi connectivity index (χ1n) is 13.4. The van der Waals surface area contributed by atoms with Crippen LogP contribution in [0.4, 0.5) is 29.1 Å². The summed E-state index contributed by atoms with van der Waals surface area (Å²) >= 11 is 0. The van der Waals surface area contributed by atoms with E-state index in [9.17, 15) is 31.9 Å². The van der Waals surface area contributed by atoms with Crippen LogP contribution in [0, 0.1) is 5.82 Å². The molecule has 0 bridgehead atoms. The van der Waals surface area contributed by atoms with Crippen molar-refractivity contribution < 1.29 is 31.9 Å². The van der Waals surface area contributed by atoms with E-state index < -0.39 is 41.3 Å². The number of alkyl halides is 3. The number of aromatic nitrogens is 1. The molecule has 1 aliphatic carbocycles. The summed E-state index contributed by atoms with van der Waals surface area (Å²) in [6.07, 6.45) is -0.0898. The summed E-state index contributed by atoms with van der Waals surface area (Å²) in [4.78, 5) is 44.8. The third kappa shape index (κ3) is 8.12. The Bertz CT molecular complexity index is 1340. The lowest BCUT2D eigenvalue weighted by Gasteiger charge is -2.33. The summed E-state index contributed by atoms with van der Waals surface area (Å²) in [6, 6.07) is 12.6. The fourth-order valence-electron chi connectivity index (χ4n) is 4.84. The zero-order chi connectivity index (χ0) is 29.4. The summed E-state index contributed by atoms with van der Waals surface area (Å²) in [7, 11) is 0. The Balaban J connectivity index is 1.63. The minimum absolute atomic E-state index is 0.0613. The average molecular weight is 571 g/mol. The Morgan fingerprint density at radius 3 is 2.34 bits per heavy atom. The van der Waals surface area contributed by atoms with Gasteiger partial charge in [0.25, 0.3) is 0 Å². The first kappa shape index (κ1) is 29.7. The minimum Gasteiger partial charge on any atom is -0.351 e. The molecule has 1 atom stereocenters. The number of carbonyl (C=O) groups is 3. The molecule has 0 aliphatic heterocycles. The smallest absolute Gasteiger partial charge is 0.351 e. The second-order valence-corrected chi connectivity index (χ2v) is 9.87. The van der Waals surface area contributed by atoms with E-state index >= 15 is 0 Å². The van der Waals surface area contributed by atoms with Crippen LogP contribution >= 0.6 is 0 Å². The second-order valence-electron chi connectivity index (χ2n) is 9.87. The van der Waals surface area contributed by atoms with Crippen LogP contribution in [0.2, 0.25) is 0 Å². The molecule has 1 heterocycles. The minimum atomic E-state index is -4.69. The van der Waals surface area contributed by atoms with Gasteiger partial charge < -0.3 is 10.6 Å².